The molecule has 1 saturated heterocycles. The Bertz CT molecular complexity index is 864. The molecule has 4 rings (SSSR count). The normalized spacial score (nSPS) is 18.2. The predicted octanol–water partition coefficient (Wildman–Crippen LogP) is 3.64. The summed E-state index contributed by atoms with van der Waals surface area (Å²) in [5.41, 5.74) is 2.50. The van der Waals surface area contributed by atoms with Gasteiger partial charge in [-0.25, -0.2) is 9.97 Å². The summed E-state index contributed by atoms with van der Waals surface area (Å²) in [6.07, 6.45) is 4.86. The van der Waals surface area contributed by atoms with Gasteiger partial charge in [-0.2, -0.15) is 0 Å². The number of benzene rings is 1. The van der Waals surface area contributed by atoms with Crippen LogP contribution >= 0.6 is 11.3 Å². The van der Waals surface area contributed by atoms with Gasteiger partial charge in [0.25, 0.3) is 0 Å². The maximum atomic E-state index is 4.51. The first-order chi connectivity index (χ1) is 13.3. The van der Waals surface area contributed by atoms with Crippen molar-refractivity contribution in [2.45, 2.75) is 6.42 Å². The van der Waals surface area contributed by atoms with Crippen molar-refractivity contribution in [1.82, 2.24) is 20.2 Å². The number of aromatic nitrogens is 2. The van der Waals surface area contributed by atoms with E-state index in [9.17, 15) is 0 Å². The van der Waals surface area contributed by atoms with Crippen LogP contribution in [0.3, 0.4) is 0 Å². The second-order valence-electron chi connectivity index (χ2n) is 7.11. The van der Waals surface area contributed by atoms with E-state index in [1.54, 1.807) is 11.3 Å². The van der Waals surface area contributed by atoms with E-state index in [1.165, 1.54) is 11.1 Å². The molecule has 1 aliphatic heterocycles. The van der Waals surface area contributed by atoms with Gasteiger partial charge in [-0.3, -0.25) is 0 Å². The predicted molar refractivity (Wildman–Crippen MR) is 113 cm³/mol. The maximum absolute atomic E-state index is 4.51. The van der Waals surface area contributed by atoms with Crippen molar-refractivity contribution in [3.05, 3.63) is 60.4 Å². The van der Waals surface area contributed by atoms with Crippen LogP contribution < -0.4 is 10.6 Å². The summed E-state index contributed by atoms with van der Waals surface area (Å²) < 4.78 is 0. The molecule has 0 radical (unpaired) electrons. The third-order valence-corrected chi connectivity index (χ3v) is 5.78. The molecule has 6 heteroatoms. The van der Waals surface area contributed by atoms with E-state index in [2.05, 4.69) is 56.8 Å². The molecule has 1 fully saturated rings. The molecule has 0 saturated carbocycles. The van der Waals surface area contributed by atoms with E-state index in [0.29, 0.717) is 5.92 Å². The Morgan fingerprint density at radius 3 is 3.00 bits per heavy atom. The molecular weight excluding hydrogens is 354 g/mol. The number of rotatable bonds is 5. The van der Waals surface area contributed by atoms with Gasteiger partial charge in [-0.1, -0.05) is 41.7 Å². The van der Waals surface area contributed by atoms with E-state index < -0.39 is 0 Å². The van der Waals surface area contributed by atoms with Gasteiger partial charge in [0.1, 0.15) is 5.82 Å². The Hall–Kier alpha value is -2.28. The highest BCUT2D eigenvalue weighted by atomic mass is 32.1. The molecule has 0 spiro atoms. The number of thiazole rings is 1. The number of hydrogen-bond donors (Lipinski definition) is 2. The fourth-order valence-electron chi connectivity index (χ4n) is 3.49. The van der Waals surface area contributed by atoms with Crippen LogP contribution in [0.25, 0.3) is 10.4 Å². The highest BCUT2D eigenvalue weighted by Crippen LogP contribution is 2.30. The summed E-state index contributed by atoms with van der Waals surface area (Å²) in [5.74, 6) is 1.48. The van der Waals surface area contributed by atoms with Crippen molar-refractivity contribution in [3.63, 3.8) is 0 Å². The van der Waals surface area contributed by atoms with Crippen LogP contribution in [0, 0.1) is 5.92 Å². The lowest BCUT2D eigenvalue weighted by atomic mass is 9.99. The molecule has 140 valence electrons. The zero-order valence-electron chi connectivity index (χ0n) is 15.6. The Morgan fingerprint density at radius 1 is 1.22 bits per heavy atom. The first-order valence-electron chi connectivity index (χ1n) is 9.39. The van der Waals surface area contributed by atoms with Crippen LogP contribution in [-0.4, -0.2) is 48.1 Å². The first-order valence-corrected chi connectivity index (χ1v) is 10.2. The molecule has 0 amide bonds. The topological polar surface area (TPSA) is 53.1 Å². The van der Waals surface area contributed by atoms with Crippen LogP contribution in [-0.2, 0) is 6.42 Å². The van der Waals surface area contributed by atoms with Crippen molar-refractivity contribution in [2.24, 2.45) is 5.92 Å². The van der Waals surface area contributed by atoms with Crippen LogP contribution in [0.1, 0.15) is 5.56 Å². The average Bonchev–Trinajstić information content (AvgIpc) is 3.05. The lowest BCUT2D eigenvalue weighted by Gasteiger charge is -2.19. The summed E-state index contributed by atoms with van der Waals surface area (Å²) in [6.45, 7) is 4.39. The average molecular weight is 380 g/mol. The second-order valence-corrected chi connectivity index (χ2v) is 8.14. The molecule has 1 aromatic carbocycles. The quantitative estimate of drug-likeness (QED) is 0.709. The van der Waals surface area contributed by atoms with Crippen molar-refractivity contribution in [2.75, 3.05) is 38.5 Å². The molecule has 0 bridgehead atoms. The zero-order valence-corrected chi connectivity index (χ0v) is 16.4. The number of pyridine rings is 1. The van der Waals surface area contributed by atoms with E-state index in [-0.39, 0.29) is 0 Å². The van der Waals surface area contributed by atoms with Crippen molar-refractivity contribution in [3.8, 4) is 10.4 Å². The SMILES string of the molecule is CN1CCNC[C@@H](Cc2ccnc(Nc3ncc(-c4ccccc4)s3)c2)C1. The Morgan fingerprint density at radius 2 is 2.11 bits per heavy atom. The van der Waals surface area contributed by atoms with Gasteiger partial charge in [-0.15, -0.1) is 0 Å². The molecule has 3 heterocycles. The monoisotopic (exact) mass is 379 g/mol. The number of nitrogens with one attached hydrogen (secondary N) is 2. The van der Waals surface area contributed by atoms with Crippen LogP contribution in [0.2, 0.25) is 0 Å². The standard InChI is InChI=1S/C21H25N5S/c1-26-10-9-22-13-17(15-26)11-16-7-8-23-20(12-16)25-21-24-14-19(27-21)18-5-3-2-4-6-18/h2-8,12,14,17,22H,9-11,13,15H2,1H3,(H,23,24,25)/t17-/m1/s1. The van der Waals surface area contributed by atoms with Crippen LogP contribution in [0.15, 0.2) is 54.9 Å². The van der Waals surface area contributed by atoms with Gasteiger partial charge < -0.3 is 15.5 Å². The highest BCUT2D eigenvalue weighted by Gasteiger charge is 2.16. The molecular formula is C21H25N5S. The van der Waals surface area contributed by atoms with Gasteiger partial charge >= 0.3 is 0 Å². The minimum Gasteiger partial charge on any atom is -0.316 e. The van der Waals surface area contributed by atoms with Crippen LogP contribution in [0.5, 0.6) is 0 Å². The molecule has 1 atom stereocenters. The third-order valence-electron chi connectivity index (χ3n) is 4.82. The van der Waals surface area contributed by atoms with Gasteiger partial charge in [0, 0.05) is 32.0 Å². The Balaban J connectivity index is 1.43. The summed E-state index contributed by atoms with van der Waals surface area (Å²) in [7, 11) is 2.20. The minimum atomic E-state index is 0.622. The van der Waals surface area contributed by atoms with Crippen molar-refractivity contribution < 1.29 is 0 Å². The van der Waals surface area contributed by atoms with E-state index in [4.69, 9.17) is 0 Å². The fourth-order valence-corrected chi connectivity index (χ4v) is 4.32. The lowest BCUT2D eigenvalue weighted by Crippen LogP contribution is -2.27. The zero-order chi connectivity index (χ0) is 18.5. The smallest absolute Gasteiger partial charge is 0.188 e. The first kappa shape index (κ1) is 18.1. The Labute approximate surface area is 164 Å². The molecule has 0 unspecified atom stereocenters. The summed E-state index contributed by atoms with van der Waals surface area (Å²) in [4.78, 5) is 12.5. The van der Waals surface area contributed by atoms with Gasteiger partial charge in [0.2, 0.25) is 0 Å². The number of likely N-dealkylation sites (N-methyl/N-ethyl adjacent to an activating group) is 1. The fraction of sp³-hybridized carbons (Fsp3) is 0.333. The van der Waals surface area contributed by atoms with Crippen molar-refractivity contribution in [1.29, 1.82) is 0 Å². The molecule has 1 aliphatic rings. The summed E-state index contributed by atoms with van der Waals surface area (Å²) in [5, 5.41) is 7.77. The van der Waals surface area contributed by atoms with E-state index in [1.807, 2.05) is 30.6 Å². The Kier molecular flexibility index (Phi) is 5.77. The lowest BCUT2D eigenvalue weighted by molar-refractivity contribution is 0.309. The summed E-state index contributed by atoms with van der Waals surface area (Å²) >= 11 is 1.65. The molecule has 3 aromatic rings. The molecule has 0 aliphatic carbocycles. The van der Waals surface area contributed by atoms with Gasteiger partial charge in [-0.05, 0) is 49.2 Å². The van der Waals surface area contributed by atoms with Crippen molar-refractivity contribution >= 4 is 22.3 Å². The molecule has 27 heavy (non-hydrogen) atoms. The number of anilines is 2. The molecule has 2 N–H and O–H groups in total. The number of nitrogens with zero attached hydrogens (tertiary/aromatic N) is 3. The minimum absolute atomic E-state index is 0.622. The van der Waals surface area contributed by atoms with Gasteiger partial charge in [0.05, 0.1) is 4.88 Å². The molecule has 2 aromatic heterocycles. The van der Waals surface area contributed by atoms with E-state index >= 15 is 0 Å². The highest BCUT2D eigenvalue weighted by molar-refractivity contribution is 7.18. The molecule has 5 nitrogen and oxygen atoms in total. The van der Waals surface area contributed by atoms with Crippen LogP contribution in [0.4, 0.5) is 10.9 Å². The summed E-state index contributed by atoms with van der Waals surface area (Å²) in [6, 6.07) is 14.6. The second kappa shape index (κ2) is 8.61. The largest absolute Gasteiger partial charge is 0.316 e. The van der Waals surface area contributed by atoms with Gasteiger partial charge in [0.15, 0.2) is 5.13 Å². The van der Waals surface area contributed by atoms with E-state index in [0.717, 1.165) is 48.4 Å². The third kappa shape index (κ3) is 4.91. The number of hydrogen-bond acceptors (Lipinski definition) is 6. The maximum Gasteiger partial charge on any atom is 0.188 e.